The Morgan fingerprint density at radius 2 is 1.59 bits per heavy atom. The van der Waals surface area contributed by atoms with Gasteiger partial charge in [0, 0.05) is 30.4 Å². The summed E-state index contributed by atoms with van der Waals surface area (Å²) in [6, 6.07) is 23.5. The molecule has 0 radical (unpaired) electrons. The SMILES string of the molecule is Cc1ccc(CN2CCCCCN2c2ccc(C#N)c3ccccc23)cc1. The van der Waals surface area contributed by atoms with Crippen molar-refractivity contribution >= 4 is 16.5 Å². The lowest BCUT2D eigenvalue weighted by Gasteiger charge is -2.36. The number of hydrogen-bond acceptors (Lipinski definition) is 3. The average molecular weight is 355 g/mol. The van der Waals surface area contributed by atoms with Crippen LogP contribution in [0.3, 0.4) is 0 Å². The van der Waals surface area contributed by atoms with Gasteiger partial charge in [0.05, 0.1) is 17.3 Å². The molecule has 0 amide bonds. The van der Waals surface area contributed by atoms with Crippen molar-refractivity contribution < 1.29 is 0 Å². The van der Waals surface area contributed by atoms with Gasteiger partial charge in [-0.1, -0.05) is 60.5 Å². The first kappa shape index (κ1) is 17.6. The van der Waals surface area contributed by atoms with E-state index in [9.17, 15) is 5.26 Å². The summed E-state index contributed by atoms with van der Waals surface area (Å²) >= 11 is 0. The first-order valence-electron chi connectivity index (χ1n) is 9.76. The number of benzene rings is 3. The molecule has 0 atom stereocenters. The Bertz CT molecular complexity index is 969. The van der Waals surface area contributed by atoms with Crippen LogP contribution in [0.25, 0.3) is 10.8 Å². The maximum Gasteiger partial charge on any atom is 0.0998 e. The quantitative estimate of drug-likeness (QED) is 0.628. The lowest BCUT2D eigenvalue weighted by molar-refractivity contribution is 0.253. The van der Waals surface area contributed by atoms with Crippen LogP contribution < -0.4 is 5.01 Å². The van der Waals surface area contributed by atoms with E-state index < -0.39 is 0 Å². The molecule has 0 unspecified atom stereocenters. The third-order valence-corrected chi connectivity index (χ3v) is 5.41. The minimum Gasteiger partial charge on any atom is -0.305 e. The monoisotopic (exact) mass is 355 g/mol. The van der Waals surface area contributed by atoms with Crippen molar-refractivity contribution in [2.24, 2.45) is 0 Å². The summed E-state index contributed by atoms with van der Waals surface area (Å²) in [5.74, 6) is 0. The highest BCUT2D eigenvalue weighted by molar-refractivity contribution is 5.97. The van der Waals surface area contributed by atoms with Gasteiger partial charge in [-0.15, -0.1) is 0 Å². The fourth-order valence-corrected chi connectivity index (χ4v) is 3.94. The second-order valence-electron chi connectivity index (χ2n) is 7.35. The third kappa shape index (κ3) is 3.67. The standard InChI is InChI=1S/C24H25N3/c1-19-9-11-20(12-10-19)18-26-15-5-2-6-16-27(26)24-14-13-21(17-25)22-7-3-4-8-23(22)24/h3-4,7-14H,2,5-6,15-16,18H2,1H3. The number of anilines is 1. The van der Waals surface area contributed by atoms with Crippen molar-refractivity contribution in [2.45, 2.75) is 32.7 Å². The number of nitrogens with zero attached hydrogens (tertiary/aromatic N) is 3. The zero-order chi connectivity index (χ0) is 18.6. The van der Waals surface area contributed by atoms with Gasteiger partial charge in [-0.25, -0.2) is 5.01 Å². The molecule has 0 aliphatic carbocycles. The Kier molecular flexibility index (Phi) is 5.09. The molecular formula is C24H25N3. The van der Waals surface area contributed by atoms with Crippen molar-refractivity contribution in [1.82, 2.24) is 5.01 Å². The van der Waals surface area contributed by atoms with Gasteiger partial charge in [0.2, 0.25) is 0 Å². The van der Waals surface area contributed by atoms with Gasteiger partial charge < -0.3 is 5.01 Å². The Hall–Kier alpha value is -2.83. The number of hydrogen-bond donors (Lipinski definition) is 0. The molecule has 1 heterocycles. The molecule has 1 fully saturated rings. The highest BCUT2D eigenvalue weighted by Crippen LogP contribution is 2.32. The normalized spacial score (nSPS) is 15.5. The molecule has 0 bridgehead atoms. The molecule has 4 rings (SSSR count). The number of nitriles is 1. The second kappa shape index (κ2) is 7.82. The van der Waals surface area contributed by atoms with Gasteiger partial charge in [0.15, 0.2) is 0 Å². The third-order valence-electron chi connectivity index (χ3n) is 5.41. The molecule has 0 N–H and O–H groups in total. The molecule has 3 nitrogen and oxygen atoms in total. The smallest absolute Gasteiger partial charge is 0.0998 e. The molecule has 27 heavy (non-hydrogen) atoms. The molecule has 3 heteroatoms. The lowest BCUT2D eigenvalue weighted by atomic mass is 10.0. The van der Waals surface area contributed by atoms with Gasteiger partial charge >= 0.3 is 0 Å². The van der Waals surface area contributed by atoms with E-state index >= 15 is 0 Å². The summed E-state index contributed by atoms with van der Waals surface area (Å²) in [5, 5.41) is 16.6. The molecule has 1 saturated heterocycles. The molecule has 1 aliphatic heterocycles. The molecule has 1 aliphatic rings. The molecular weight excluding hydrogens is 330 g/mol. The fraction of sp³-hybridized carbons (Fsp3) is 0.292. The summed E-state index contributed by atoms with van der Waals surface area (Å²) < 4.78 is 0. The summed E-state index contributed by atoms with van der Waals surface area (Å²) in [5.41, 5.74) is 4.59. The van der Waals surface area contributed by atoms with Gasteiger partial charge in [0.1, 0.15) is 0 Å². The maximum absolute atomic E-state index is 9.48. The molecule has 136 valence electrons. The summed E-state index contributed by atoms with van der Waals surface area (Å²) in [6.07, 6.45) is 3.67. The second-order valence-corrected chi connectivity index (χ2v) is 7.35. The Morgan fingerprint density at radius 1 is 0.852 bits per heavy atom. The molecule has 3 aromatic rings. The van der Waals surface area contributed by atoms with Crippen LogP contribution in [0.4, 0.5) is 5.69 Å². The zero-order valence-corrected chi connectivity index (χ0v) is 15.9. The lowest BCUT2D eigenvalue weighted by Crippen LogP contribution is -2.42. The van der Waals surface area contributed by atoms with Crippen molar-refractivity contribution in [1.29, 1.82) is 5.26 Å². The first-order chi connectivity index (χ1) is 13.3. The van der Waals surface area contributed by atoms with Crippen LogP contribution in [0.15, 0.2) is 60.7 Å². The Balaban J connectivity index is 1.74. The van der Waals surface area contributed by atoms with Gasteiger partial charge in [-0.2, -0.15) is 5.26 Å². The van der Waals surface area contributed by atoms with Crippen molar-refractivity contribution in [3.8, 4) is 6.07 Å². The maximum atomic E-state index is 9.48. The van der Waals surface area contributed by atoms with Crippen LogP contribution in [-0.2, 0) is 6.54 Å². The molecule has 0 spiro atoms. The van der Waals surface area contributed by atoms with E-state index in [0.29, 0.717) is 0 Å². The summed E-state index contributed by atoms with van der Waals surface area (Å²) in [4.78, 5) is 0. The number of fused-ring (bicyclic) bond motifs is 1. The minimum atomic E-state index is 0.745. The minimum absolute atomic E-state index is 0.745. The number of hydrazine groups is 1. The van der Waals surface area contributed by atoms with Crippen LogP contribution in [0.5, 0.6) is 0 Å². The van der Waals surface area contributed by atoms with E-state index in [1.165, 1.54) is 36.1 Å². The summed E-state index contributed by atoms with van der Waals surface area (Å²) in [6.45, 7) is 5.11. The molecule has 0 aromatic heterocycles. The highest BCUT2D eigenvalue weighted by Gasteiger charge is 2.21. The van der Waals surface area contributed by atoms with E-state index in [1.807, 2.05) is 12.1 Å². The fourth-order valence-electron chi connectivity index (χ4n) is 3.94. The predicted octanol–water partition coefficient (Wildman–Crippen LogP) is 5.43. The van der Waals surface area contributed by atoms with E-state index in [0.717, 1.165) is 36.0 Å². The van der Waals surface area contributed by atoms with Crippen LogP contribution in [0, 0.1) is 18.3 Å². The van der Waals surface area contributed by atoms with Crippen LogP contribution in [-0.4, -0.2) is 18.1 Å². The van der Waals surface area contributed by atoms with Gasteiger partial charge in [-0.3, -0.25) is 0 Å². The number of aryl methyl sites for hydroxylation is 1. The predicted molar refractivity (Wildman–Crippen MR) is 111 cm³/mol. The first-order valence-corrected chi connectivity index (χ1v) is 9.76. The largest absolute Gasteiger partial charge is 0.305 e. The topological polar surface area (TPSA) is 30.3 Å². The van der Waals surface area contributed by atoms with E-state index in [-0.39, 0.29) is 0 Å². The van der Waals surface area contributed by atoms with Gasteiger partial charge in [-0.05, 0) is 37.5 Å². The Morgan fingerprint density at radius 3 is 2.37 bits per heavy atom. The van der Waals surface area contributed by atoms with Crippen LogP contribution in [0.1, 0.15) is 36.0 Å². The van der Waals surface area contributed by atoms with Crippen LogP contribution in [0.2, 0.25) is 0 Å². The van der Waals surface area contributed by atoms with E-state index in [1.54, 1.807) is 0 Å². The highest BCUT2D eigenvalue weighted by atomic mass is 15.6. The molecule has 3 aromatic carbocycles. The Labute approximate surface area is 161 Å². The van der Waals surface area contributed by atoms with Crippen molar-refractivity contribution in [3.63, 3.8) is 0 Å². The van der Waals surface area contributed by atoms with Crippen molar-refractivity contribution in [2.75, 3.05) is 18.1 Å². The average Bonchev–Trinajstić information content (AvgIpc) is 2.94. The molecule has 0 saturated carbocycles. The van der Waals surface area contributed by atoms with E-state index in [4.69, 9.17) is 0 Å². The van der Waals surface area contributed by atoms with E-state index in [2.05, 4.69) is 71.5 Å². The van der Waals surface area contributed by atoms with Crippen molar-refractivity contribution in [3.05, 3.63) is 77.4 Å². The van der Waals surface area contributed by atoms with Crippen LogP contribution >= 0.6 is 0 Å². The zero-order valence-electron chi connectivity index (χ0n) is 15.9. The van der Waals surface area contributed by atoms with Gasteiger partial charge in [0.25, 0.3) is 0 Å². The summed E-state index contributed by atoms with van der Waals surface area (Å²) in [7, 11) is 0. The number of rotatable bonds is 3.